The fourth-order valence-corrected chi connectivity index (χ4v) is 0.952. The lowest BCUT2D eigenvalue weighted by atomic mass is 9.11. The molecule has 0 spiro atoms. The molecule has 0 aliphatic rings. The first-order chi connectivity index (χ1) is 5.44. The monoisotopic (exact) mass is 148 g/mol. The number of rotatable bonds is 3. The van der Waals surface area contributed by atoms with Crippen molar-refractivity contribution in [3.05, 3.63) is 0 Å². The van der Waals surface area contributed by atoms with E-state index in [1.54, 1.807) is 0 Å². The molecule has 9 heteroatoms. The molecule has 0 aromatic carbocycles. The summed E-state index contributed by atoms with van der Waals surface area (Å²) in [6, 6.07) is 0. The smallest absolute Gasteiger partial charge is 0.0686 e. The molecule has 0 aromatic heterocycles. The van der Waals surface area contributed by atoms with Gasteiger partial charge in [0.15, 0.2) is 0 Å². The zero-order valence-electron chi connectivity index (χ0n) is 7.27. The molecule has 13 heavy (non-hydrogen) atoms. The maximum absolute atomic E-state index is 5.59. The largest absolute Gasteiger partial charge is 0.135 e. The van der Waals surface area contributed by atoms with Crippen LogP contribution in [0.5, 0.6) is 0 Å². The van der Waals surface area contributed by atoms with Gasteiger partial charge in [0.2, 0.25) is 0 Å². The zero-order chi connectivity index (χ0) is 11.1. The SMILES string of the molecule is [B]C([B])C([B])(C([B])([B])[B])C([B])([B])[B]. The van der Waals surface area contributed by atoms with E-state index in [0.29, 0.717) is 0 Å². The van der Waals surface area contributed by atoms with Gasteiger partial charge in [-0.15, -0.1) is 21.3 Å². The van der Waals surface area contributed by atoms with E-state index in [2.05, 4.69) is 0 Å². The molecule has 0 saturated heterocycles. The summed E-state index contributed by atoms with van der Waals surface area (Å²) in [6.45, 7) is 0. The Hall–Kier alpha value is 0.584. The topological polar surface area (TPSA) is 0 Å². The van der Waals surface area contributed by atoms with E-state index in [1.165, 1.54) is 0 Å². The maximum atomic E-state index is 5.59. The summed E-state index contributed by atoms with van der Waals surface area (Å²) in [5.74, 6) is 0. The van der Waals surface area contributed by atoms with Gasteiger partial charge in [-0.05, 0) is 0 Å². The molecule has 0 saturated carbocycles. The van der Waals surface area contributed by atoms with E-state index in [-0.39, 0.29) is 0 Å². The van der Waals surface area contributed by atoms with Crippen molar-refractivity contribution in [1.82, 2.24) is 0 Å². The summed E-state index contributed by atoms with van der Waals surface area (Å²) in [5.41, 5.74) is -1.26. The summed E-state index contributed by atoms with van der Waals surface area (Å²) in [6.07, 6.45) is 0. The minimum atomic E-state index is -1.99. The van der Waals surface area contributed by atoms with Crippen molar-refractivity contribution in [1.29, 1.82) is 0 Å². The summed E-state index contributed by atoms with van der Waals surface area (Å²) >= 11 is 0. The van der Waals surface area contributed by atoms with Crippen LogP contribution in [0.1, 0.15) is 0 Å². The Kier molecular flexibility index (Phi) is 3.79. The van der Waals surface area contributed by atoms with Gasteiger partial charge in [-0.25, -0.2) is 0 Å². The van der Waals surface area contributed by atoms with Crippen LogP contribution >= 0.6 is 0 Å². The minimum absolute atomic E-state index is 1.26. The molecular weight excluding hydrogens is 145 g/mol. The second kappa shape index (κ2) is 3.62. The van der Waals surface area contributed by atoms with Gasteiger partial charge in [0.05, 0.1) is 70.6 Å². The van der Waals surface area contributed by atoms with E-state index < -0.39 is 21.3 Å². The van der Waals surface area contributed by atoms with E-state index >= 15 is 0 Å². The molecule has 0 unspecified atom stereocenters. The zero-order valence-corrected chi connectivity index (χ0v) is 7.27. The quantitative estimate of drug-likeness (QED) is 0.388. The molecule has 44 valence electrons. The molecule has 18 radical (unpaired) electrons. The predicted octanol–water partition coefficient (Wildman–Crippen LogP) is -2.45. The molecule has 0 amide bonds. The second-order valence-electron chi connectivity index (χ2n) is 3.26. The van der Waals surface area contributed by atoms with Crippen molar-refractivity contribution in [2.45, 2.75) is 21.3 Å². The first-order valence-electron chi connectivity index (χ1n) is 3.48. The Morgan fingerprint density at radius 3 is 0.846 bits per heavy atom. The van der Waals surface area contributed by atoms with Crippen molar-refractivity contribution in [2.24, 2.45) is 0 Å². The van der Waals surface area contributed by atoms with Gasteiger partial charge in [0.25, 0.3) is 0 Å². The van der Waals surface area contributed by atoms with Crippen LogP contribution in [0.3, 0.4) is 0 Å². The molecule has 0 fully saturated rings. The van der Waals surface area contributed by atoms with Crippen molar-refractivity contribution in [3.8, 4) is 0 Å². The third-order valence-electron chi connectivity index (χ3n) is 1.96. The first-order valence-corrected chi connectivity index (χ1v) is 3.48. The van der Waals surface area contributed by atoms with Crippen LogP contribution in [-0.4, -0.2) is 70.6 Å². The highest BCUT2D eigenvalue weighted by molar-refractivity contribution is 6.71. The molecule has 0 nitrogen and oxygen atoms in total. The van der Waals surface area contributed by atoms with E-state index in [0.717, 1.165) is 0 Å². The van der Waals surface area contributed by atoms with Gasteiger partial charge in [-0.3, -0.25) is 0 Å². The standard InChI is InChI=1S/C4HB9/c5-1(6)2(7,3(8,9)10)4(11,12)13/h1H. The summed E-state index contributed by atoms with van der Waals surface area (Å²) in [7, 11) is 48.2. The van der Waals surface area contributed by atoms with Gasteiger partial charge in [0.1, 0.15) is 0 Å². The Bertz CT molecular complexity index is 159. The van der Waals surface area contributed by atoms with Crippen molar-refractivity contribution in [3.63, 3.8) is 0 Å². The summed E-state index contributed by atoms with van der Waals surface area (Å²) in [5, 5.41) is -5.88. The fraction of sp³-hybridized carbons (Fsp3) is 1.00. The normalized spacial score (nSPS) is 14.5. The van der Waals surface area contributed by atoms with Crippen LogP contribution in [-0.2, 0) is 0 Å². The highest BCUT2D eigenvalue weighted by atomic mass is 14.3. The van der Waals surface area contributed by atoms with Crippen molar-refractivity contribution in [2.75, 3.05) is 0 Å². The number of hydrogen-bond acceptors (Lipinski definition) is 0. The molecule has 0 aromatic rings. The van der Waals surface area contributed by atoms with Crippen LogP contribution in [0.4, 0.5) is 0 Å². The molecule has 0 aliphatic heterocycles. The third-order valence-corrected chi connectivity index (χ3v) is 1.96. The molecule has 0 atom stereocenters. The van der Waals surface area contributed by atoms with Crippen LogP contribution < -0.4 is 0 Å². The van der Waals surface area contributed by atoms with Gasteiger partial charge < -0.3 is 0 Å². The second-order valence-corrected chi connectivity index (χ2v) is 3.26. The average Bonchev–Trinajstić information content (AvgIpc) is 1.80. The third kappa shape index (κ3) is 2.33. The summed E-state index contributed by atoms with van der Waals surface area (Å²) < 4.78 is 0. The van der Waals surface area contributed by atoms with Crippen LogP contribution in [0.15, 0.2) is 0 Å². The predicted molar refractivity (Wildman–Crippen MR) is 63.6 cm³/mol. The van der Waals surface area contributed by atoms with Crippen molar-refractivity contribution < 1.29 is 0 Å². The van der Waals surface area contributed by atoms with E-state index in [4.69, 9.17) is 70.6 Å². The molecule has 0 heterocycles. The Balaban J connectivity index is 5.22. The fourth-order valence-electron chi connectivity index (χ4n) is 0.952. The molecular formula is C4HB9. The lowest BCUT2D eigenvalue weighted by Gasteiger charge is -2.59. The molecule has 0 N–H and O–H groups in total. The van der Waals surface area contributed by atoms with Crippen LogP contribution in [0.2, 0.25) is 21.3 Å². The summed E-state index contributed by atoms with van der Waals surface area (Å²) in [4.78, 5) is 0. The highest BCUT2D eigenvalue weighted by Crippen LogP contribution is 2.60. The van der Waals surface area contributed by atoms with Crippen LogP contribution in [0, 0.1) is 0 Å². The Morgan fingerprint density at radius 2 is 0.846 bits per heavy atom. The lowest BCUT2D eigenvalue weighted by Crippen LogP contribution is -2.46. The van der Waals surface area contributed by atoms with Gasteiger partial charge >= 0.3 is 0 Å². The minimum Gasteiger partial charge on any atom is -0.135 e. The lowest BCUT2D eigenvalue weighted by molar-refractivity contribution is 0.597. The first kappa shape index (κ1) is 13.6. The average molecular weight is 146 g/mol. The van der Waals surface area contributed by atoms with Gasteiger partial charge in [-0.1, -0.05) is 0 Å². The Labute approximate surface area is 92.2 Å². The molecule has 0 bridgehead atoms. The molecule has 0 aliphatic carbocycles. The molecule has 0 rings (SSSR count). The van der Waals surface area contributed by atoms with Crippen LogP contribution in [0.25, 0.3) is 0 Å². The van der Waals surface area contributed by atoms with Crippen molar-refractivity contribution >= 4 is 70.6 Å². The highest BCUT2D eigenvalue weighted by Gasteiger charge is 2.44. The van der Waals surface area contributed by atoms with E-state index in [9.17, 15) is 0 Å². The van der Waals surface area contributed by atoms with E-state index in [1.807, 2.05) is 0 Å². The number of hydrogen-bond donors (Lipinski definition) is 0. The van der Waals surface area contributed by atoms with Gasteiger partial charge in [0, 0.05) is 0 Å². The Morgan fingerprint density at radius 1 is 0.615 bits per heavy atom. The maximum Gasteiger partial charge on any atom is 0.0686 e. The van der Waals surface area contributed by atoms with Gasteiger partial charge in [-0.2, -0.15) is 0 Å².